The molecule has 0 aliphatic rings. The van der Waals surface area contributed by atoms with Crippen LogP contribution in [0.4, 0.5) is 0 Å². The van der Waals surface area contributed by atoms with Crippen molar-refractivity contribution in [3.05, 3.63) is 35.9 Å². The standard InChI is InChI=1S/C35H68N2.2ClH/c1-36(2,3)32-26-20-21-28-34-37(4,5)33-27-19-17-15-13-11-9-7-6-8-10-12-14-16-18-23-29-35-30-24-22-25-31-35;;/h22,24-25,30-31H,6-21,23,26-29,32-34H2,1-5H3;2*1H/q+2;;/p-2. The van der Waals surface area contributed by atoms with Crippen LogP contribution in [0.15, 0.2) is 30.3 Å². The van der Waals surface area contributed by atoms with E-state index < -0.39 is 0 Å². The van der Waals surface area contributed by atoms with Crippen molar-refractivity contribution < 1.29 is 33.8 Å². The maximum atomic E-state index is 2.44. The predicted molar refractivity (Wildman–Crippen MR) is 167 cm³/mol. The molecule has 0 aliphatic heterocycles. The number of hydrogen-bond donors (Lipinski definition) is 0. The minimum absolute atomic E-state index is 0. The SMILES string of the molecule is C[N+](C)(C)CCCCCC[N+](C)(C)CCCCCCCCCCCCCCCCCCc1ccccc1.[Cl-].[Cl-]. The number of benzene rings is 1. The first-order chi connectivity index (χ1) is 17.8. The predicted octanol–water partition coefficient (Wildman–Crippen LogP) is 3.82. The molecule has 0 saturated carbocycles. The second kappa shape index (κ2) is 26.6. The summed E-state index contributed by atoms with van der Waals surface area (Å²) in [6.45, 7) is 4.04. The molecule has 0 aromatic heterocycles. The van der Waals surface area contributed by atoms with Gasteiger partial charge >= 0.3 is 0 Å². The summed E-state index contributed by atoms with van der Waals surface area (Å²) in [5, 5.41) is 0. The minimum atomic E-state index is 0. The van der Waals surface area contributed by atoms with Crippen LogP contribution in [0, 0.1) is 0 Å². The highest BCUT2D eigenvalue weighted by atomic mass is 35.5. The zero-order valence-corrected chi connectivity index (χ0v) is 28.5. The fraction of sp³-hybridized carbons (Fsp3) is 0.829. The van der Waals surface area contributed by atoms with Gasteiger partial charge in [-0.25, -0.2) is 0 Å². The van der Waals surface area contributed by atoms with Crippen molar-refractivity contribution in [2.45, 2.75) is 135 Å². The van der Waals surface area contributed by atoms with Gasteiger partial charge in [0.2, 0.25) is 0 Å². The van der Waals surface area contributed by atoms with E-state index in [0.717, 1.165) is 4.48 Å². The van der Waals surface area contributed by atoms with E-state index in [-0.39, 0.29) is 24.8 Å². The van der Waals surface area contributed by atoms with Crippen molar-refractivity contribution in [1.29, 1.82) is 0 Å². The van der Waals surface area contributed by atoms with Gasteiger partial charge in [0.05, 0.1) is 54.9 Å². The van der Waals surface area contributed by atoms with Crippen molar-refractivity contribution in [3.8, 4) is 0 Å². The fourth-order valence-electron chi connectivity index (χ4n) is 5.58. The lowest BCUT2D eigenvalue weighted by Gasteiger charge is -2.30. The van der Waals surface area contributed by atoms with Crippen LogP contribution in [0.5, 0.6) is 0 Å². The Morgan fingerprint density at radius 1 is 0.385 bits per heavy atom. The van der Waals surface area contributed by atoms with E-state index in [9.17, 15) is 0 Å². The molecule has 0 unspecified atom stereocenters. The summed E-state index contributed by atoms with van der Waals surface area (Å²) >= 11 is 0. The molecule has 232 valence electrons. The number of rotatable bonds is 26. The first-order valence-electron chi connectivity index (χ1n) is 16.4. The van der Waals surface area contributed by atoms with Gasteiger partial charge < -0.3 is 33.8 Å². The van der Waals surface area contributed by atoms with Crippen LogP contribution in [0.25, 0.3) is 0 Å². The molecule has 0 atom stereocenters. The number of unbranched alkanes of at least 4 members (excludes halogenated alkanes) is 18. The van der Waals surface area contributed by atoms with Gasteiger partial charge in [0.1, 0.15) is 0 Å². The molecule has 0 amide bonds. The lowest BCUT2D eigenvalue weighted by molar-refractivity contribution is -0.890. The van der Waals surface area contributed by atoms with Crippen molar-refractivity contribution >= 4 is 0 Å². The summed E-state index contributed by atoms with van der Waals surface area (Å²) in [5.74, 6) is 0. The lowest BCUT2D eigenvalue weighted by Crippen LogP contribution is -3.00. The van der Waals surface area contributed by atoms with Gasteiger partial charge in [-0.3, -0.25) is 0 Å². The molecular weight excluding hydrogens is 519 g/mol. The summed E-state index contributed by atoms with van der Waals surface area (Å²) in [5.41, 5.74) is 1.50. The van der Waals surface area contributed by atoms with Crippen LogP contribution < -0.4 is 24.8 Å². The van der Waals surface area contributed by atoms with E-state index in [2.05, 4.69) is 65.6 Å². The number of hydrogen-bond acceptors (Lipinski definition) is 0. The molecule has 4 heteroatoms. The molecule has 0 spiro atoms. The summed E-state index contributed by atoms with van der Waals surface area (Å²) in [6, 6.07) is 11.0. The highest BCUT2D eigenvalue weighted by Crippen LogP contribution is 2.15. The van der Waals surface area contributed by atoms with Crippen molar-refractivity contribution in [1.82, 2.24) is 0 Å². The molecule has 1 aromatic carbocycles. The molecule has 39 heavy (non-hydrogen) atoms. The summed E-state index contributed by atoms with van der Waals surface area (Å²) in [4.78, 5) is 0. The average Bonchev–Trinajstić information content (AvgIpc) is 2.85. The number of quaternary nitrogens is 2. The Labute approximate surface area is 258 Å². The third-order valence-electron chi connectivity index (χ3n) is 8.16. The van der Waals surface area contributed by atoms with Crippen LogP contribution in [0.2, 0.25) is 0 Å². The van der Waals surface area contributed by atoms with Crippen LogP contribution >= 0.6 is 0 Å². The van der Waals surface area contributed by atoms with Gasteiger partial charge in [-0.1, -0.05) is 114 Å². The van der Waals surface area contributed by atoms with Crippen molar-refractivity contribution in [2.75, 3.05) is 54.9 Å². The molecule has 0 saturated heterocycles. The molecular formula is C35H68Cl2N2. The first-order valence-corrected chi connectivity index (χ1v) is 16.4. The number of nitrogens with zero attached hydrogens (tertiary/aromatic N) is 2. The Morgan fingerprint density at radius 3 is 1.05 bits per heavy atom. The smallest absolute Gasteiger partial charge is 0.0782 e. The summed E-state index contributed by atoms with van der Waals surface area (Å²) in [7, 11) is 11.8. The monoisotopic (exact) mass is 586 g/mol. The molecule has 1 rings (SSSR count). The Kier molecular flexibility index (Phi) is 27.9. The van der Waals surface area contributed by atoms with Crippen molar-refractivity contribution in [2.24, 2.45) is 0 Å². The molecule has 0 aliphatic carbocycles. The van der Waals surface area contributed by atoms with Crippen LogP contribution in [0.3, 0.4) is 0 Å². The van der Waals surface area contributed by atoms with E-state index in [1.165, 1.54) is 165 Å². The number of halogens is 2. The zero-order chi connectivity index (χ0) is 27.1. The van der Waals surface area contributed by atoms with Crippen LogP contribution in [0.1, 0.15) is 134 Å². The molecule has 0 radical (unpaired) electrons. The molecule has 0 heterocycles. The summed E-state index contributed by atoms with van der Waals surface area (Å²) < 4.78 is 2.34. The molecule has 1 aromatic rings. The molecule has 2 nitrogen and oxygen atoms in total. The first kappa shape index (κ1) is 40.9. The van der Waals surface area contributed by atoms with Gasteiger partial charge in [-0.05, 0) is 56.9 Å². The largest absolute Gasteiger partial charge is 1.00 e. The second-order valence-electron chi connectivity index (χ2n) is 13.7. The summed E-state index contributed by atoms with van der Waals surface area (Å²) in [6.07, 6.45) is 30.0. The van der Waals surface area contributed by atoms with E-state index in [4.69, 9.17) is 0 Å². The van der Waals surface area contributed by atoms with Crippen LogP contribution in [-0.2, 0) is 6.42 Å². The highest BCUT2D eigenvalue weighted by molar-refractivity contribution is 5.14. The normalized spacial score (nSPS) is 11.7. The van der Waals surface area contributed by atoms with Gasteiger partial charge in [0.15, 0.2) is 0 Å². The fourth-order valence-corrected chi connectivity index (χ4v) is 5.58. The maximum absolute atomic E-state index is 2.44. The van der Waals surface area contributed by atoms with Gasteiger partial charge in [-0.2, -0.15) is 0 Å². The van der Waals surface area contributed by atoms with Crippen molar-refractivity contribution in [3.63, 3.8) is 0 Å². The van der Waals surface area contributed by atoms with E-state index in [1.54, 1.807) is 0 Å². The maximum Gasteiger partial charge on any atom is 0.0782 e. The van der Waals surface area contributed by atoms with Gasteiger partial charge in [0.25, 0.3) is 0 Å². The Morgan fingerprint density at radius 2 is 0.692 bits per heavy atom. The topological polar surface area (TPSA) is 0 Å². The van der Waals surface area contributed by atoms with Crippen LogP contribution in [-0.4, -0.2) is 63.8 Å². The lowest BCUT2D eigenvalue weighted by atomic mass is 10.0. The average molecular weight is 588 g/mol. The quantitative estimate of drug-likeness (QED) is 0.114. The molecule has 0 bridgehead atoms. The Hall–Kier alpha value is -0.280. The third kappa shape index (κ3) is 29.0. The third-order valence-corrected chi connectivity index (χ3v) is 8.16. The van der Waals surface area contributed by atoms with Gasteiger partial charge in [-0.15, -0.1) is 0 Å². The zero-order valence-electron chi connectivity index (χ0n) is 27.0. The Bertz CT molecular complexity index is 613. The highest BCUT2D eigenvalue weighted by Gasteiger charge is 2.14. The van der Waals surface area contributed by atoms with E-state index in [1.807, 2.05) is 0 Å². The van der Waals surface area contributed by atoms with E-state index in [0.29, 0.717) is 0 Å². The molecule has 0 N–H and O–H groups in total. The molecule has 0 fully saturated rings. The Balaban J connectivity index is 0. The van der Waals surface area contributed by atoms with E-state index >= 15 is 0 Å². The van der Waals surface area contributed by atoms with Gasteiger partial charge in [0, 0.05) is 0 Å². The minimum Gasteiger partial charge on any atom is -1.00 e. The number of aryl methyl sites for hydroxylation is 1. The second-order valence-corrected chi connectivity index (χ2v) is 13.7.